The van der Waals surface area contributed by atoms with Gasteiger partial charge in [0.2, 0.25) is 11.8 Å². The minimum atomic E-state index is -0.113. The van der Waals surface area contributed by atoms with E-state index < -0.39 is 0 Å². The van der Waals surface area contributed by atoms with Crippen molar-refractivity contribution in [2.75, 3.05) is 4.90 Å². The Kier molecular flexibility index (Phi) is 3.86. The molecule has 1 aliphatic carbocycles. The zero-order chi connectivity index (χ0) is 18.5. The lowest BCUT2D eigenvalue weighted by Gasteiger charge is -2.19. The number of hydrogen-bond acceptors (Lipinski definition) is 4. The van der Waals surface area contributed by atoms with Gasteiger partial charge in [0, 0.05) is 5.56 Å². The zero-order valence-corrected chi connectivity index (χ0v) is 16.0. The first-order valence-electron chi connectivity index (χ1n) is 9.47. The number of benzene rings is 2. The van der Waals surface area contributed by atoms with E-state index in [9.17, 15) is 9.59 Å². The molecule has 3 aromatic rings. The predicted molar refractivity (Wildman–Crippen MR) is 108 cm³/mol. The first-order chi connectivity index (χ1) is 13.1. The van der Waals surface area contributed by atoms with Crippen LogP contribution in [0.25, 0.3) is 20.8 Å². The molecule has 0 N–H and O–H groups in total. The number of fused-ring (bicyclic) bond motifs is 2. The van der Waals surface area contributed by atoms with Crippen molar-refractivity contribution in [3.8, 4) is 10.6 Å². The van der Waals surface area contributed by atoms with Crippen LogP contribution in [0.2, 0.25) is 0 Å². The molecule has 2 unspecified atom stereocenters. The number of carbonyl (C=O) groups excluding carboxylic acids is 2. The molecular formula is C22H20N2O2S. The van der Waals surface area contributed by atoms with Crippen LogP contribution in [-0.4, -0.2) is 16.8 Å². The maximum absolute atomic E-state index is 12.7. The van der Waals surface area contributed by atoms with Gasteiger partial charge >= 0.3 is 0 Å². The Hall–Kier alpha value is -2.53. The summed E-state index contributed by atoms with van der Waals surface area (Å²) in [5.41, 5.74) is 3.91. The molecule has 136 valence electrons. The minimum absolute atomic E-state index is 0.0205. The molecule has 0 radical (unpaired) electrons. The number of nitrogens with zero attached hydrogens (tertiary/aromatic N) is 2. The van der Waals surface area contributed by atoms with E-state index in [0.29, 0.717) is 5.69 Å². The molecule has 27 heavy (non-hydrogen) atoms. The van der Waals surface area contributed by atoms with Crippen LogP contribution < -0.4 is 4.90 Å². The smallest absolute Gasteiger partial charge is 0.237 e. The monoisotopic (exact) mass is 376 g/mol. The second-order valence-corrected chi connectivity index (χ2v) is 8.58. The maximum Gasteiger partial charge on any atom is 0.237 e. The van der Waals surface area contributed by atoms with Gasteiger partial charge in [-0.2, -0.15) is 0 Å². The Morgan fingerprint density at radius 3 is 2.30 bits per heavy atom. The molecule has 2 amide bonds. The Morgan fingerprint density at radius 2 is 1.63 bits per heavy atom. The van der Waals surface area contributed by atoms with Crippen molar-refractivity contribution in [1.82, 2.24) is 4.98 Å². The number of amides is 2. The van der Waals surface area contributed by atoms with Crippen LogP contribution in [0.3, 0.4) is 0 Å². The number of thiazole rings is 1. The second-order valence-electron chi connectivity index (χ2n) is 7.55. The highest BCUT2D eigenvalue weighted by molar-refractivity contribution is 7.21. The van der Waals surface area contributed by atoms with E-state index in [1.54, 1.807) is 11.3 Å². The van der Waals surface area contributed by atoms with Crippen molar-refractivity contribution in [3.05, 3.63) is 48.0 Å². The lowest BCUT2D eigenvalue weighted by atomic mass is 9.81. The van der Waals surface area contributed by atoms with E-state index in [0.717, 1.165) is 41.8 Å². The first kappa shape index (κ1) is 16.6. The number of hydrogen-bond donors (Lipinski definition) is 0. The Bertz CT molecular complexity index is 1030. The van der Waals surface area contributed by atoms with E-state index in [1.165, 1.54) is 15.2 Å². The fourth-order valence-corrected chi connectivity index (χ4v) is 5.39. The van der Waals surface area contributed by atoms with Crippen LogP contribution in [-0.2, 0) is 9.59 Å². The first-order valence-corrected chi connectivity index (χ1v) is 10.3. The van der Waals surface area contributed by atoms with Crippen LogP contribution >= 0.6 is 11.3 Å². The standard InChI is InChI=1S/C22H20N2O2S/c1-13-6-11-18-19(12-13)27-20(23-18)14-7-9-15(10-8-14)24-21(25)16-4-2-3-5-17(16)22(24)26/h6-12,16-17H,2-5H2,1H3. The van der Waals surface area contributed by atoms with Crippen molar-refractivity contribution >= 4 is 39.1 Å². The van der Waals surface area contributed by atoms with Crippen molar-refractivity contribution < 1.29 is 9.59 Å². The van der Waals surface area contributed by atoms with Crippen molar-refractivity contribution in [1.29, 1.82) is 0 Å². The van der Waals surface area contributed by atoms with Gasteiger partial charge in [-0.1, -0.05) is 18.9 Å². The summed E-state index contributed by atoms with van der Waals surface area (Å²) in [6.07, 6.45) is 3.78. The van der Waals surface area contributed by atoms with Crippen LogP contribution in [0.15, 0.2) is 42.5 Å². The Morgan fingerprint density at radius 1 is 0.963 bits per heavy atom. The largest absolute Gasteiger partial charge is 0.274 e. The van der Waals surface area contributed by atoms with Gasteiger partial charge in [0.15, 0.2) is 0 Å². The van der Waals surface area contributed by atoms with Gasteiger partial charge in [0.25, 0.3) is 0 Å². The SMILES string of the molecule is Cc1ccc2nc(-c3ccc(N4C(=O)C5CCCCC5C4=O)cc3)sc2c1. The van der Waals surface area contributed by atoms with E-state index in [4.69, 9.17) is 4.98 Å². The number of rotatable bonds is 2. The summed E-state index contributed by atoms with van der Waals surface area (Å²) in [5.74, 6) is -0.266. The highest BCUT2D eigenvalue weighted by atomic mass is 32.1. The molecule has 1 saturated carbocycles. The van der Waals surface area contributed by atoms with Crippen molar-refractivity contribution in [3.63, 3.8) is 0 Å². The summed E-state index contributed by atoms with van der Waals surface area (Å²) in [5, 5.41) is 0.954. The summed E-state index contributed by atoms with van der Waals surface area (Å²) in [4.78, 5) is 31.6. The van der Waals surface area contributed by atoms with Gasteiger partial charge in [-0.25, -0.2) is 4.98 Å². The van der Waals surface area contributed by atoms with Gasteiger partial charge in [-0.05, 0) is 61.7 Å². The molecule has 5 heteroatoms. The number of aryl methyl sites for hydroxylation is 1. The molecule has 2 fully saturated rings. The number of anilines is 1. The van der Waals surface area contributed by atoms with E-state index in [1.807, 2.05) is 30.3 Å². The minimum Gasteiger partial charge on any atom is -0.274 e. The molecule has 1 aliphatic heterocycles. The molecule has 5 rings (SSSR count). The number of carbonyl (C=O) groups is 2. The van der Waals surface area contributed by atoms with Crippen LogP contribution in [0.1, 0.15) is 31.2 Å². The normalized spacial score (nSPS) is 22.5. The third-order valence-electron chi connectivity index (χ3n) is 5.76. The summed E-state index contributed by atoms with van der Waals surface area (Å²) >= 11 is 1.66. The third kappa shape index (κ3) is 2.69. The third-order valence-corrected chi connectivity index (χ3v) is 6.82. The van der Waals surface area contributed by atoms with Gasteiger partial charge < -0.3 is 0 Å². The lowest BCUT2D eigenvalue weighted by Crippen LogP contribution is -2.30. The van der Waals surface area contributed by atoms with Crippen LogP contribution in [0.4, 0.5) is 5.69 Å². The highest BCUT2D eigenvalue weighted by Gasteiger charge is 2.48. The fourth-order valence-electron chi connectivity index (χ4n) is 4.33. The molecule has 0 spiro atoms. The molecule has 2 heterocycles. The van der Waals surface area contributed by atoms with Gasteiger partial charge in [-0.15, -0.1) is 11.3 Å². The molecule has 4 nitrogen and oxygen atoms in total. The van der Waals surface area contributed by atoms with Crippen molar-refractivity contribution in [2.45, 2.75) is 32.6 Å². The summed E-state index contributed by atoms with van der Waals surface area (Å²) in [7, 11) is 0. The van der Waals surface area contributed by atoms with E-state index in [2.05, 4.69) is 19.1 Å². The Labute approximate surface area is 161 Å². The summed E-state index contributed by atoms with van der Waals surface area (Å²) in [6.45, 7) is 2.08. The van der Waals surface area contributed by atoms with Crippen LogP contribution in [0, 0.1) is 18.8 Å². The van der Waals surface area contributed by atoms with Gasteiger partial charge in [0.05, 0.1) is 27.7 Å². The van der Waals surface area contributed by atoms with Crippen molar-refractivity contribution in [2.24, 2.45) is 11.8 Å². The highest BCUT2D eigenvalue weighted by Crippen LogP contribution is 2.40. The molecule has 2 atom stereocenters. The van der Waals surface area contributed by atoms with E-state index >= 15 is 0 Å². The van der Waals surface area contributed by atoms with Gasteiger partial charge in [0.1, 0.15) is 5.01 Å². The number of imide groups is 1. The van der Waals surface area contributed by atoms with Gasteiger partial charge in [-0.3, -0.25) is 14.5 Å². The summed E-state index contributed by atoms with van der Waals surface area (Å²) < 4.78 is 1.17. The molecule has 0 bridgehead atoms. The van der Waals surface area contributed by atoms with Crippen LogP contribution in [0.5, 0.6) is 0 Å². The average Bonchev–Trinajstić information content (AvgIpc) is 3.21. The predicted octanol–water partition coefficient (Wildman–Crippen LogP) is 4.95. The molecule has 1 aromatic heterocycles. The van der Waals surface area contributed by atoms with E-state index in [-0.39, 0.29) is 23.7 Å². The zero-order valence-electron chi connectivity index (χ0n) is 15.1. The Balaban J connectivity index is 1.46. The lowest BCUT2D eigenvalue weighted by molar-refractivity contribution is -0.122. The average molecular weight is 376 g/mol. The topological polar surface area (TPSA) is 50.3 Å². The number of aromatic nitrogens is 1. The quantitative estimate of drug-likeness (QED) is 0.595. The molecule has 1 saturated heterocycles. The second kappa shape index (κ2) is 6.27. The maximum atomic E-state index is 12.7. The molecular weight excluding hydrogens is 356 g/mol. The fraction of sp³-hybridized carbons (Fsp3) is 0.318. The molecule has 2 aliphatic rings. The summed E-state index contributed by atoms with van der Waals surface area (Å²) in [6, 6.07) is 13.9. The molecule has 2 aromatic carbocycles.